The molecule has 0 spiro atoms. The molecule has 0 fully saturated rings. The normalized spacial score (nSPS) is 11.3. The fraction of sp³-hybridized carbons (Fsp3) is 0.700. The first-order valence-electron chi connectivity index (χ1n) is 5.30. The maximum Gasteiger partial charge on any atom is 0.341 e. The standard InChI is InChI=1S/C10H17Cl3O3Si/c1-9(2)10(14)16-7-6-15-5-3-4-8-17(11,12)13/h1,3-8H2,2H3. The van der Waals surface area contributed by atoms with Crippen molar-refractivity contribution in [3.05, 3.63) is 12.2 Å². The zero-order valence-corrected chi connectivity index (χ0v) is 13.1. The number of hydrogen-bond acceptors (Lipinski definition) is 3. The van der Waals surface area contributed by atoms with Crippen molar-refractivity contribution in [2.75, 3.05) is 19.8 Å². The molecule has 0 saturated carbocycles. The lowest BCUT2D eigenvalue weighted by atomic mass is 10.3. The lowest BCUT2D eigenvalue weighted by Gasteiger charge is -2.08. The monoisotopic (exact) mass is 318 g/mol. The number of esters is 1. The number of ether oxygens (including phenoxy) is 2. The van der Waals surface area contributed by atoms with Crippen LogP contribution < -0.4 is 0 Å². The van der Waals surface area contributed by atoms with E-state index in [1.807, 2.05) is 0 Å². The van der Waals surface area contributed by atoms with Crippen molar-refractivity contribution < 1.29 is 14.3 Å². The highest BCUT2D eigenvalue weighted by molar-refractivity contribution is 7.64. The first-order chi connectivity index (χ1) is 7.83. The summed E-state index contributed by atoms with van der Waals surface area (Å²) in [5.41, 5.74) is 0.387. The summed E-state index contributed by atoms with van der Waals surface area (Å²) in [6.45, 7) is 6.27. The Bertz CT molecular complexity index is 254. The summed E-state index contributed by atoms with van der Waals surface area (Å²) in [6.07, 6.45) is 1.68. The first-order valence-corrected chi connectivity index (χ1v) is 10.5. The van der Waals surface area contributed by atoms with Gasteiger partial charge in [-0.1, -0.05) is 13.0 Å². The highest BCUT2D eigenvalue weighted by atomic mass is 35.8. The summed E-state index contributed by atoms with van der Waals surface area (Å²) in [5.74, 6) is -0.393. The predicted molar refractivity (Wildman–Crippen MR) is 73.9 cm³/mol. The Morgan fingerprint density at radius 3 is 2.35 bits per heavy atom. The van der Waals surface area contributed by atoms with E-state index in [0.29, 0.717) is 24.8 Å². The fourth-order valence-corrected chi connectivity index (χ4v) is 2.80. The van der Waals surface area contributed by atoms with Crippen molar-refractivity contribution in [3.63, 3.8) is 0 Å². The maximum atomic E-state index is 11.0. The van der Waals surface area contributed by atoms with Crippen molar-refractivity contribution in [1.82, 2.24) is 0 Å². The molecule has 100 valence electrons. The van der Waals surface area contributed by atoms with Crippen LogP contribution in [0.2, 0.25) is 6.04 Å². The lowest BCUT2D eigenvalue weighted by Crippen LogP contribution is -2.12. The van der Waals surface area contributed by atoms with Gasteiger partial charge in [0.1, 0.15) is 6.61 Å². The molecule has 0 rings (SSSR count). The van der Waals surface area contributed by atoms with Crippen molar-refractivity contribution in [1.29, 1.82) is 0 Å². The van der Waals surface area contributed by atoms with Crippen LogP contribution in [-0.2, 0) is 14.3 Å². The minimum absolute atomic E-state index is 0.241. The van der Waals surface area contributed by atoms with Gasteiger partial charge in [0, 0.05) is 12.2 Å². The molecule has 0 unspecified atom stereocenters. The molecular formula is C10H17Cl3O3Si. The Hall–Kier alpha value is 0.257. The second-order valence-corrected chi connectivity index (χ2v) is 12.9. The molecule has 0 atom stereocenters. The molecule has 0 N–H and O–H groups in total. The van der Waals surface area contributed by atoms with Gasteiger partial charge in [-0.15, -0.1) is 33.2 Å². The number of unbranched alkanes of at least 4 members (excludes halogenated alkanes) is 1. The topological polar surface area (TPSA) is 35.5 Å². The van der Waals surface area contributed by atoms with Crippen LogP contribution in [0.4, 0.5) is 0 Å². The summed E-state index contributed by atoms with van der Waals surface area (Å²) >= 11 is 17.2. The van der Waals surface area contributed by atoms with Crippen molar-refractivity contribution in [3.8, 4) is 0 Å². The van der Waals surface area contributed by atoms with E-state index in [1.165, 1.54) is 0 Å². The lowest BCUT2D eigenvalue weighted by molar-refractivity contribution is -0.140. The Kier molecular flexibility index (Phi) is 9.36. The Balaban J connectivity index is 3.25. The van der Waals surface area contributed by atoms with E-state index in [0.717, 1.165) is 12.8 Å². The molecule has 3 nitrogen and oxygen atoms in total. The third-order valence-corrected chi connectivity index (χ3v) is 4.43. The Morgan fingerprint density at radius 2 is 1.82 bits per heavy atom. The van der Waals surface area contributed by atoms with Gasteiger partial charge >= 0.3 is 12.0 Å². The van der Waals surface area contributed by atoms with E-state index in [1.54, 1.807) is 6.92 Å². The number of carbonyl (C=O) groups excluding carboxylic acids is 1. The van der Waals surface area contributed by atoms with Crippen LogP contribution in [0.1, 0.15) is 19.8 Å². The smallest absolute Gasteiger partial charge is 0.341 e. The first kappa shape index (κ1) is 17.3. The van der Waals surface area contributed by atoms with Gasteiger partial charge in [-0.25, -0.2) is 4.79 Å². The van der Waals surface area contributed by atoms with Gasteiger partial charge < -0.3 is 9.47 Å². The molecule has 0 aliphatic heterocycles. The quantitative estimate of drug-likeness (QED) is 0.214. The van der Waals surface area contributed by atoms with Gasteiger partial charge in [-0.2, -0.15) is 0 Å². The number of hydrogen-bond donors (Lipinski definition) is 0. The van der Waals surface area contributed by atoms with Crippen LogP contribution in [0, 0.1) is 0 Å². The molecule has 0 saturated heterocycles. The van der Waals surface area contributed by atoms with E-state index in [9.17, 15) is 4.79 Å². The molecule has 0 aromatic heterocycles. The maximum absolute atomic E-state index is 11.0. The van der Waals surface area contributed by atoms with Gasteiger partial charge in [-0.3, -0.25) is 0 Å². The number of halogens is 3. The summed E-state index contributed by atoms with van der Waals surface area (Å²) in [7, 11) is 0. The highest BCUT2D eigenvalue weighted by Crippen LogP contribution is 2.26. The number of rotatable bonds is 9. The molecule has 0 bridgehead atoms. The van der Waals surface area contributed by atoms with E-state index in [-0.39, 0.29) is 6.61 Å². The minimum atomic E-state index is -2.48. The molecule has 0 amide bonds. The third kappa shape index (κ3) is 12.5. The van der Waals surface area contributed by atoms with E-state index < -0.39 is 12.0 Å². The van der Waals surface area contributed by atoms with E-state index in [4.69, 9.17) is 42.7 Å². The van der Waals surface area contributed by atoms with Gasteiger partial charge in [0.2, 0.25) is 0 Å². The Labute approximate surface area is 117 Å². The molecule has 17 heavy (non-hydrogen) atoms. The largest absolute Gasteiger partial charge is 0.460 e. The predicted octanol–water partition coefficient (Wildman–Crippen LogP) is 3.56. The zero-order valence-electron chi connectivity index (χ0n) is 9.81. The molecule has 0 aliphatic rings. The molecule has 0 aliphatic carbocycles. The van der Waals surface area contributed by atoms with Crippen LogP contribution >= 0.6 is 33.2 Å². The molecule has 0 aromatic carbocycles. The third-order valence-electron chi connectivity index (χ3n) is 1.81. The van der Waals surface area contributed by atoms with Gasteiger partial charge in [0.15, 0.2) is 0 Å². The average molecular weight is 320 g/mol. The SMILES string of the molecule is C=C(C)C(=O)OCCOCCCC[Si](Cl)(Cl)Cl. The summed E-state index contributed by atoms with van der Waals surface area (Å²) in [6, 6.07) is -1.83. The van der Waals surface area contributed by atoms with Crippen LogP contribution in [-0.4, -0.2) is 31.8 Å². The van der Waals surface area contributed by atoms with Crippen LogP contribution in [0.15, 0.2) is 12.2 Å². The summed E-state index contributed by atoms with van der Waals surface area (Å²) < 4.78 is 10.1. The second kappa shape index (κ2) is 9.22. The molecule has 7 heteroatoms. The summed E-state index contributed by atoms with van der Waals surface area (Å²) in [4.78, 5) is 11.0. The Morgan fingerprint density at radius 1 is 1.18 bits per heavy atom. The van der Waals surface area contributed by atoms with Crippen molar-refractivity contribution >= 4 is 45.2 Å². The van der Waals surface area contributed by atoms with Crippen LogP contribution in [0.3, 0.4) is 0 Å². The van der Waals surface area contributed by atoms with Gasteiger partial charge in [0.25, 0.3) is 0 Å². The molecular weight excluding hydrogens is 303 g/mol. The fourth-order valence-electron chi connectivity index (χ4n) is 0.948. The summed E-state index contributed by atoms with van der Waals surface area (Å²) in [5, 5.41) is 0. The molecule has 0 heterocycles. The van der Waals surface area contributed by atoms with Crippen LogP contribution in [0.5, 0.6) is 0 Å². The van der Waals surface area contributed by atoms with Crippen molar-refractivity contribution in [2.45, 2.75) is 25.8 Å². The highest BCUT2D eigenvalue weighted by Gasteiger charge is 2.23. The van der Waals surface area contributed by atoms with E-state index in [2.05, 4.69) is 6.58 Å². The van der Waals surface area contributed by atoms with E-state index >= 15 is 0 Å². The van der Waals surface area contributed by atoms with Crippen LogP contribution in [0.25, 0.3) is 0 Å². The molecule has 0 radical (unpaired) electrons. The minimum Gasteiger partial charge on any atom is -0.460 e. The average Bonchev–Trinajstić information content (AvgIpc) is 2.19. The van der Waals surface area contributed by atoms with Gasteiger partial charge in [-0.05, 0) is 19.4 Å². The van der Waals surface area contributed by atoms with Gasteiger partial charge in [0.05, 0.1) is 6.61 Å². The van der Waals surface area contributed by atoms with Crippen molar-refractivity contribution in [2.24, 2.45) is 0 Å². The molecule has 0 aromatic rings. The zero-order chi connectivity index (χ0) is 13.3. The second-order valence-electron chi connectivity index (χ2n) is 3.60. The number of carbonyl (C=O) groups is 1.